The van der Waals surface area contributed by atoms with Gasteiger partial charge in [-0.05, 0) is 86.9 Å². The molecule has 0 N–H and O–H groups in total. The first kappa shape index (κ1) is 16.8. The predicted octanol–water partition coefficient (Wildman–Crippen LogP) is 5.17. The summed E-state index contributed by atoms with van der Waals surface area (Å²) in [6.07, 6.45) is 12.9. The minimum absolute atomic E-state index is 0.276. The molecule has 7 atom stereocenters. The van der Waals surface area contributed by atoms with Gasteiger partial charge in [-0.3, -0.25) is 4.79 Å². The maximum Gasteiger partial charge on any atom is 0.133 e. The lowest BCUT2D eigenvalue weighted by Crippen LogP contribution is -2.51. The summed E-state index contributed by atoms with van der Waals surface area (Å²) < 4.78 is 5.67. The summed E-state index contributed by atoms with van der Waals surface area (Å²) in [4.78, 5) is 12.2. The molecule has 0 saturated heterocycles. The van der Waals surface area contributed by atoms with E-state index < -0.39 is 0 Å². The minimum atomic E-state index is 0.276. The lowest BCUT2D eigenvalue weighted by atomic mass is 9.47. The van der Waals surface area contributed by atoms with Crippen LogP contribution in [0.5, 0.6) is 0 Å². The van der Waals surface area contributed by atoms with E-state index in [2.05, 4.69) is 19.9 Å². The topological polar surface area (TPSA) is 26.3 Å². The molecule has 3 fully saturated rings. The van der Waals surface area contributed by atoms with Crippen LogP contribution in [0.3, 0.4) is 0 Å². The first-order chi connectivity index (χ1) is 11.4. The third-order valence-electron chi connectivity index (χ3n) is 8.88. The van der Waals surface area contributed by atoms with Crippen molar-refractivity contribution in [3.8, 4) is 0 Å². The van der Waals surface area contributed by atoms with Crippen molar-refractivity contribution in [1.29, 1.82) is 0 Å². The average Bonchev–Trinajstić information content (AvgIpc) is 2.91. The zero-order valence-corrected chi connectivity index (χ0v) is 15.9. The van der Waals surface area contributed by atoms with Gasteiger partial charge in [0.25, 0.3) is 0 Å². The van der Waals surface area contributed by atoms with Crippen LogP contribution in [0.4, 0.5) is 0 Å². The van der Waals surface area contributed by atoms with Crippen LogP contribution < -0.4 is 0 Å². The second kappa shape index (κ2) is 5.69. The molecule has 0 bridgehead atoms. The number of carbonyl (C=O) groups excluding carboxylic acids is 1. The molecular formula is C22H34O2. The largest absolute Gasteiger partial charge is 0.381 e. The lowest BCUT2D eigenvalue weighted by molar-refractivity contribution is -0.127. The van der Waals surface area contributed by atoms with E-state index in [1.54, 1.807) is 5.57 Å². The molecule has 0 amide bonds. The van der Waals surface area contributed by atoms with Gasteiger partial charge in [-0.25, -0.2) is 0 Å². The Labute approximate surface area is 147 Å². The zero-order chi connectivity index (χ0) is 17.1. The molecule has 4 rings (SSSR count). The van der Waals surface area contributed by atoms with Crippen molar-refractivity contribution in [2.24, 2.45) is 34.5 Å². The van der Waals surface area contributed by atoms with Gasteiger partial charge in [-0.1, -0.05) is 25.5 Å². The van der Waals surface area contributed by atoms with Gasteiger partial charge < -0.3 is 4.74 Å². The highest BCUT2D eigenvalue weighted by atomic mass is 16.5. The van der Waals surface area contributed by atoms with Crippen LogP contribution in [-0.4, -0.2) is 19.0 Å². The fourth-order valence-corrected chi connectivity index (χ4v) is 7.50. The summed E-state index contributed by atoms with van der Waals surface area (Å²) >= 11 is 0. The van der Waals surface area contributed by atoms with E-state index >= 15 is 0 Å². The highest BCUT2D eigenvalue weighted by Crippen LogP contribution is 2.66. The molecule has 3 unspecified atom stereocenters. The van der Waals surface area contributed by atoms with Gasteiger partial charge in [0.2, 0.25) is 0 Å². The highest BCUT2D eigenvalue weighted by Gasteiger charge is 2.59. The number of hydrogen-bond acceptors (Lipinski definition) is 2. The quantitative estimate of drug-likeness (QED) is 0.653. The monoisotopic (exact) mass is 330 g/mol. The molecular weight excluding hydrogens is 296 g/mol. The van der Waals surface area contributed by atoms with Crippen LogP contribution in [-0.2, 0) is 9.53 Å². The molecule has 0 aromatic rings. The predicted molar refractivity (Wildman–Crippen MR) is 96.7 cm³/mol. The normalized spacial score (nSPS) is 50.5. The van der Waals surface area contributed by atoms with Crippen LogP contribution in [0, 0.1) is 34.5 Å². The standard InChI is InChI=1S/C22H34O2/c1-14(23)18-7-8-19-17-6-5-15-13-16(24-4)9-11-21(15,2)20(17)10-12-22(18,19)3/h5,16-20H,6-13H2,1-4H3/t16-,17?,18+,19?,20?,21-,22+/m0/s1. The number of Topliss-reactive ketones (excluding diaryl/α,β-unsaturated/α-hetero) is 1. The Balaban J connectivity index is 1.63. The molecule has 0 spiro atoms. The van der Waals surface area contributed by atoms with E-state index in [4.69, 9.17) is 4.74 Å². The zero-order valence-electron chi connectivity index (χ0n) is 15.9. The summed E-state index contributed by atoms with van der Waals surface area (Å²) in [5.41, 5.74) is 2.36. The van der Waals surface area contributed by atoms with Crippen molar-refractivity contribution in [2.75, 3.05) is 7.11 Å². The molecule has 0 aromatic heterocycles. The van der Waals surface area contributed by atoms with E-state index in [1.165, 1.54) is 38.5 Å². The molecule has 3 saturated carbocycles. The second-order valence-electron chi connectivity index (χ2n) is 9.64. The SMILES string of the molecule is CO[C@H]1CC[C@@]2(C)C(=CCC3C2CC[C@@]2(C)C3CC[C@@H]2C(C)=O)C1. The average molecular weight is 331 g/mol. The van der Waals surface area contributed by atoms with Crippen LogP contribution in [0.2, 0.25) is 0 Å². The third kappa shape index (κ3) is 2.21. The Hall–Kier alpha value is -0.630. The van der Waals surface area contributed by atoms with Gasteiger partial charge in [-0.2, -0.15) is 0 Å². The Morgan fingerprint density at radius 3 is 2.62 bits per heavy atom. The molecule has 0 radical (unpaired) electrons. The maximum atomic E-state index is 12.2. The van der Waals surface area contributed by atoms with E-state index in [0.717, 1.165) is 30.6 Å². The van der Waals surface area contributed by atoms with Gasteiger partial charge in [0, 0.05) is 13.0 Å². The number of rotatable bonds is 2. The van der Waals surface area contributed by atoms with Crippen molar-refractivity contribution in [2.45, 2.75) is 78.2 Å². The van der Waals surface area contributed by atoms with Gasteiger partial charge >= 0.3 is 0 Å². The number of hydrogen-bond donors (Lipinski definition) is 0. The molecule has 0 aromatic carbocycles. The Kier molecular flexibility index (Phi) is 3.99. The Morgan fingerprint density at radius 1 is 1.12 bits per heavy atom. The summed E-state index contributed by atoms with van der Waals surface area (Å²) in [6, 6.07) is 0. The Morgan fingerprint density at radius 2 is 1.92 bits per heavy atom. The number of methoxy groups -OCH3 is 1. The van der Waals surface area contributed by atoms with Crippen LogP contribution in [0.15, 0.2) is 11.6 Å². The third-order valence-corrected chi connectivity index (χ3v) is 8.88. The van der Waals surface area contributed by atoms with Crippen molar-refractivity contribution in [3.05, 3.63) is 11.6 Å². The smallest absolute Gasteiger partial charge is 0.133 e. The second-order valence-corrected chi connectivity index (χ2v) is 9.64. The first-order valence-corrected chi connectivity index (χ1v) is 10.1. The van der Waals surface area contributed by atoms with Crippen molar-refractivity contribution in [1.82, 2.24) is 0 Å². The lowest BCUT2D eigenvalue weighted by Gasteiger charge is -2.58. The number of fused-ring (bicyclic) bond motifs is 5. The molecule has 134 valence electrons. The molecule has 2 nitrogen and oxygen atoms in total. The van der Waals surface area contributed by atoms with Gasteiger partial charge in [-0.15, -0.1) is 0 Å². The fourth-order valence-electron chi connectivity index (χ4n) is 7.50. The van der Waals surface area contributed by atoms with Crippen molar-refractivity contribution >= 4 is 5.78 Å². The summed E-state index contributed by atoms with van der Waals surface area (Å²) in [5, 5.41) is 0. The molecule has 4 aliphatic rings. The van der Waals surface area contributed by atoms with E-state index in [9.17, 15) is 4.79 Å². The number of ketones is 1. The van der Waals surface area contributed by atoms with Gasteiger partial charge in [0.15, 0.2) is 0 Å². The van der Waals surface area contributed by atoms with E-state index in [0.29, 0.717) is 23.2 Å². The first-order valence-electron chi connectivity index (χ1n) is 10.1. The number of ether oxygens (including phenoxy) is 1. The summed E-state index contributed by atoms with van der Waals surface area (Å²) in [6.45, 7) is 6.81. The molecule has 0 aliphatic heterocycles. The van der Waals surface area contributed by atoms with Crippen molar-refractivity contribution < 1.29 is 9.53 Å². The van der Waals surface area contributed by atoms with E-state index in [-0.39, 0.29) is 5.41 Å². The van der Waals surface area contributed by atoms with E-state index in [1.807, 2.05) is 14.0 Å². The van der Waals surface area contributed by atoms with Gasteiger partial charge in [0.1, 0.15) is 5.78 Å². The minimum Gasteiger partial charge on any atom is -0.381 e. The summed E-state index contributed by atoms with van der Waals surface area (Å²) in [7, 11) is 1.87. The van der Waals surface area contributed by atoms with Crippen LogP contribution in [0.1, 0.15) is 72.1 Å². The van der Waals surface area contributed by atoms with Crippen molar-refractivity contribution in [3.63, 3.8) is 0 Å². The van der Waals surface area contributed by atoms with Crippen LogP contribution in [0.25, 0.3) is 0 Å². The fraction of sp³-hybridized carbons (Fsp3) is 0.864. The number of allylic oxidation sites excluding steroid dienone is 1. The molecule has 2 heteroatoms. The maximum absolute atomic E-state index is 12.2. The van der Waals surface area contributed by atoms with Crippen LogP contribution >= 0.6 is 0 Å². The highest BCUT2D eigenvalue weighted by molar-refractivity contribution is 5.79. The molecule has 24 heavy (non-hydrogen) atoms. The Bertz CT molecular complexity index is 564. The summed E-state index contributed by atoms with van der Waals surface area (Å²) in [5.74, 6) is 3.17. The molecule has 4 aliphatic carbocycles. The molecule has 0 heterocycles. The number of carbonyl (C=O) groups is 1. The van der Waals surface area contributed by atoms with Gasteiger partial charge in [0.05, 0.1) is 6.10 Å².